The lowest BCUT2D eigenvalue weighted by Crippen LogP contribution is -2.24. The molecule has 1 aromatic carbocycles. The molecule has 0 bridgehead atoms. The minimum Gasteiger partial charge on any atom is -0.365 e. The Labute approximate surface area is 142 Å². The Bertz CT molecular complexity index is 902. The molecule has 0 aliphatic heterocycles. The largest absolute Gasteiger partial charge is 0.365 e. The molecule has 0 aliphatic carbocycles. The van der Waals surface area contributed by atoms with Crippen LogP contribution in [0.5, 0.6) is 0 Å². The summed E-state index contributed by atoms with van der Waals surface area (Å²) < 4.78 is 37.2. The van der Waals surface area contributed by atoms with Gasteiger partial charge in [-0.05, 0) is 43.7 Å². The van der Waals surface area contributed by atoms with Crippen LogP contribution in [-0.4, -0.2) is 26.0 Å². The van der Waals surface area contributed by atoms with Gasteiger partial charge in [-0.25, -0.2) is 12.8 Å². The van der Waals surface area contributed by atoms with E-state index >= 15 is 0 Å². The number of nitrogens with two attached hydrogens (primary N) is 1. The highest BCUT2D eigenvalue weighted by Gasteiger charge is 2.23. The molecule has 0 saturated carbocycles. The van der Waals surface area contributed by atoms with Crippen molar-refractivity contribution in [1.82, 2.24) is 0 Å². The number of carbonyl (C=O) groups excluding carboxylic acids is 2. The SMILES string of the molecule is Cc1sc(NC(=O)CS(=O)(=O)c2ccc(F)cc2)c(C(N)=O)c1C. The number of carbonyl (C=O) groups is 2. The van der Waals surface area contributed by atoms with E-state index in [1.54, 1.807) is 13.8 Å². The Hall–Kier alpha value is -2.26. The predicted molar refractivity (Wildman–Crippen MR) is 89.4 cm³/mol. The van der Waals surface area contributed by atoms with E-state index in [-0.39, 0.29) is 15.5 Å². The zero-order chi connectivity index (χ0) is 18.1. The van der Waals surface area contributed by atoms with Gasteiger partial charge in [0.25, 0.3) is 5.91 Å². The van der Waals surface area contributed by atoms with Crippen molar-refractivity contribution in [3.63, 3.8) is 0 Å². The van der Waals surface area contributed by atoms with E-state index in [2.05, 4.69) is 5.32 Å². The molecule has 0 unspecified atom stereocenters. The topological polar surface area (TPSA) is 106 Å². The summed E-state index contributed by atoms with van der Waals surface area (Å²) >= 11 is 1.14. The second kappa shape index (κ2) is 6.70. The number of nitrogens with one attached hydrogen (secondary N) is 1. The molecule has 0 spiro atoms. The molecule has 2 aromatic rings. The van der Waals surface area contributed by atoms with Crippen molar-refractivity contribution in [3.8, 4) is 0 Å². The van der Waals surface area contributed by atoms with Gasteiger partial charge in [-0.15, -0.1) is 11.3 Å². The molecule has 6 nitrogen and oxygen atoms in total. The van der Waals surface area contributed by atoms with Gasteiger partial charge in [-0.2, -0.15) is 0 Å². The van der Waals surface area contributed by atoms with E-state index in [1.165, 1.54) is 0 Å². The second-order valence-electron chi connectivity index (χ2n) is 5.11. The highest BCUT2D eigenvalue weighted by atomic mass is 32.2. The number of halogens is 1. The lowest BCUT2D eigenvalue weighted by molar-refractivity contribution is -0.113. The maximum Gasteiger partial charge on any atom is 0.251 e. The fourth-order valence-electron chi connectivity index (χ4n) is 2.07. The molecule has 1 aromatic heterocycles. The van der Waals surface area contributed by atoms with Gasteiger partial charge in [0.15, 0.2) is 9.84 Å². The van der Waals surface area contributed by atoms with E-state index in [1.807, 2.05) is 0 Å². The van der Waals surface area contributed by atoms with Crippen LogP contribution in [0.4, 0.5) is 9.39 Å². The van der Waals surface area contributed by atoms with E-state index in [9.17, 15) is 22.4 Å². The Morgan fingerprint density at radius 2 is 1.79 bits per heavy atom. The van der Waals surface area contributed by atoms with Crippen molar-refractivity contribution in [2.24, 2.45) is 5.73 Å². The van der Waals surface area contributed by atoms with Gasteiger partial charge in [0.05, 0.1) is 10.5 Å². The fraction of sp³-hybridized carbons (Fsp3) is 0.200. The summed E-state index contributed by atoms with van der Waals surface area (Å²) in [5, 5.41) is 2.64. The van der Waals surface area contributed by atoms with E-state index in [0.29, 0.717) is 5.56 Å². The van der Waals surface area contributed by atoms with Crippen molar-refractivity contribution < 1.29 is 22.4 Å². The monoisotopic (exact) mass is 370 g/mol. The zero-order valence-corrected chi connectivity index (χ0v) is 14.6. The number of thiophene rings is 1. The predicted octanol–water partition coefficient (Wildman–Crippen LogP) is 2.02. The minimum absolute atomic E-state index is 0.160. The smallest absolute Gasteiger partial charge is 0.251 e. The first-order valence-electron chi connectivity index (χ1n) is 6.80. The number of rotatable bonds is 5. The Kier molecular flexibility index (Phi) is 5.05. The van der Waals surface area contributed by atoms with Gasteiger partial charge in [0, 0.05) is 4.88 Å². The summed E-state index contributed by atoms with van der Waals surface area (Å²) in [5.74, 6) is -2.90. The molecule has 3 N–H and O–H groups in total. The van der Waals surface area contributed by atoms with Crippen LogP contribution in [0.1, 0.15) is 20.8 Å². The fourth-order valence-corrected chi connectivity index (χ4v) is 4.29. The van der Waals surface area contributed by atoms with Crippen LogP contribution in [0.2, 0.25) is 0 Å². The molecule has 0 saturated heterocycles. The number of hydrogen-bond donors (Lipinski definition) is 2. The van der Waals surface area contributed by atoms with Crippen molar-refractivity contribution in [2.45, 2.75) is 18.7 Å². The van der Waals surface area contributed by atoms with E-state index in [4.69, 9.17) is 5.73 Å². The van der Waals surface area contributed by atoms with Gasteiger partial charge >= 0.3 is 0 Å². The second-order valence-corrected chi connectivity index (χ2v) is 8.33. The van der Waals surface area contributed by atoms with Crippen LogP contribution >= 0.6 is 11.3 Å². The van der Waals surface area contributed by atoms with Crippen molar-refractivity contribution >= 4 is 38.0 Å². The van der Waals surface area contributed by atoms with E-state index < -0.39 is 33.2 Å². The summed E-state index contributed by atoms with van der Waals surface area (Å²) in [6.45, 7) is 3.45. The van der Waals surface area contributed by atoms with Crippen LogP contribution in [-0.2, 0) is 14.6 Å². The van der Waals surface area contributed by atoms with E-state index in [0.717, 1.165) is 40.5 Å². The highest BCUT2D eigenvalue weighted by molar-refractivity contribution is 7.92. The third kappa shape index (κ3) is 3.80. The molecule has 1 heterocycles. The quantitative estimate of drug-likeness (QED) is 0.785. The number of anilines is 1. The van der Waals surface area contributed by atoms with Crippen LogP contribution < -0.4 is 11.1 Å². The molecule has 0 aliphatic rings. The molecular formula is C15H15FN2O4S2. The number of hydrogen-bond acceptors (Lipinski definition) is 5. The molecule has 2 rings (SSSR count). The van der Waals surface area contributed by atoms with Gasteiger partial charge in [0.2, 0.25) is 5.91 Å². The maximum absolute atomic E-state index is 12.9. The molecule has 0 atom stereocenters. The first-order chi connectivity index (χ1) is 11.1. The number of benzene rings is 1. The van der Waals surface area contributed by atoms with Crippen LogP contribution in [0, 0.1) is 19.7 Å². The first kappa shape index (κ1) is 18.1. The lowest BCUT2D eigenvalue weighted by Gasteiger charge is -2.06. The van der Waals surface area contributed by atoms with Gasteiger partial charge in [-0.1, -0.05) is 0 Å². The minimum atomic E-state index is -3.92. The third-order valence-corrected chi connectivity index (χ3v) is 6.13. The van der Waals surface area contributed by atoms with Crippen LogP contribution in [0.3, 0.4) is 0 Å². The number of amides is 2. The Morgan fingerprint density at radius 1 is 1.21 bits per heavy atom. The average Bonchev–Trinajstić information content (AvgIpc) is 2.73. The molecule has 9 heteroatoms. The average molecular weight is 370 g/mol. The molecule has 0 radical (unpaired) electrons. The van der Waals surface area contributed by atoms with Gasteiger partial charge < -0.3 is 11.1 Å². The zero-order valence-electron chi connectivity index (χ0n) is 12.9. The lowest BCUT2D eigenvalue weighted by atomic mass is 10.1. The normalized spacial score (nSPS) is 11.3. The number of primary amides is 1. The number of sulfone groups is 1. The van der Waals surface area contributed by atoms with Gasteiger partial charge in [0.1, 0.15) is 16.6 Å². The molecular weight excluding hydrogens is 355 g/mol. The van der Waals surface area contributed by atoms with Crippen molar-refractivity contribution in [2.75, 3.05) is 11.1 Å². The standard InChI is InChI=1S/C15H15FN2O4S2/c1-8-9(2)23-15(13(8)14(17)20)18-12(19)7-24(21,22)11-5-3-10(16)4-6-11/h3-6H,7H2,1-2H3,(H2,17,20)(H,18,19). The molecule has 24 heavy (non-hydrogen) atoms. The summed E-state index contributed by atoms with van der Waals surface area (Å²) in [7, 11) is -3.92. The summed E-state index contributed by atoms with van der Waals surface area (Å²) in [5.41, 5.74) is 6.11. The Morgan fingerprint density at radius 3 is 2.33 bits per heavy atom. The maximum atomic E-state index is 12.9. The highest BCUT2D eigenvalue weighted by Crippen LogP contribution is 2.32. The number of aryl methyl sites for hydroxylation is 1. The Balaban J connectivity index is 2.21. The molecule has 0 fully saturated rings. The third-order valence-electron chi connectivity index (χ3n) is 3.38. The summed E-state index contributed by atoms with van der Waals surface area (Å²) in [6.07, 6.45) is 0. The van der Waals surface area contributed by atoms with Crippen molar-refractivity contribution in [1.29, 1.82) is 0 Å². The summed E-state index contributed by atoms with van der Waals surface area (Å²) in [6, 6.07) is 4.18. The molecule has 2 amide bonds. The first-order valence-corrected chi connectivity index (χ1v) is 9.26. The van der Waals surface area contributed by atoms with Gasteiger partial charge in [-0.3, -0.25) is 9.59 Å². The van der Waals surface area contributed by atoms with Crippen LogP contribution in [0.15, 0.2) is 29.2 Å². The molecule has 128 valence electrons. The van der Waals surface area contributed by atoms with Crippen molar-refractivity contribution in [3.05, 3.63) is 46.1 Å². The van der Waals surface area contributed by atoms with Crippen LogP contribution in [0.25, 0.3) is 0 Å². The summed E-state index contributed by atoms with van der Waals surface area (Å²) in [4.78, 5) is 24.2.